The van der Waals surface area contributed by atoms with Crippen molar-refractivity contribution in [1.29, 1.82) is 0 Å². The van der Waals surface area contributed by atoms with Gasteiger partial charge in [-0.15, -0.1) is 0 Å². The van der Waals surface area contributed by atoms with Crippen LogP contribution in [-0.2, 0) is 0 Å². The molecule has 0 bridgehead atoms. The maximum absolute atomic E-state index is 12.5. The van der Waals surface area contributed by atoms with Gasteiger partial charge in [0.25, 0.3) is 5.91 Å². The first-order valence-electron chi connectivity index (χ1n) is 6.89. The number of hydrogen-bond donors (Lipinski definition) is 1. The van der Waals surface area contributed by atoms with Crippen LogP contribution in [0.4, 0.5) is 5.69 Å². The van der Waals surface area contributed by atoms with Gasteiger partial charge in [-0.1, -0.05) is 6.07 Å². The normalized spacial score (nSPS) is 10.6. The zero-order valence-corrected chi connectivity index (χ0v) is 12.3. The molecule has 0 saturated carbocycles. The minimum absolute atomic E-state index is 0.260. The number of carbonyl (C=O) groups excluding carboxylic acids is 1. The predicted molar refractivity (Wildman–Crippen MR) is 81.1 cm³/mol. The molecule has 7 heteroatoms. The molecule has 7 nitrogen and oxygen atoms in total. The largest absolute Gasteiger partial charge is 0.464 e. The molecule has 0 aliphatic carbocycles. The molecule has 0 fully saturated rings. The fourth-order valence-electron chi connectivity index (χ4n) is 2.16. The SMILES string of the molecule is CCOc1ncc(NC(=O)c2c(C)nc3ccccn23)cn1. The van der Waals surface area contributed by atoms with Crippen LogP contribution in [0.2, 0.25) is 0 Å². The maximum Gasteiger partial charge on any atom is 0.316 e. The van der Waals surface area contributed by atoms with Crippen molar-refractivity contribution in [3.63, 3.8) is 0 Å². The molecule has 0 saturated heterocycles. The first-order chi connectivity index (χ1) is 10.7. The van der Waals surface area contributed by atoms with E-state index in [0.29, 0.717) is 23.7 Å². The number of imidazole rings is 1. The monoisotopic (exact) mass is 297 g/mol. The molecule has 0 atom stereocenters. The lowest BCUT2D eigenvalue weighted by Crippen LogP contribution is -2.16. The van der Waals surface area contributed by atoms with E-state index >= 15 is 0 Å². The Labute approximate surface area is 127 Å². The molecule has 0 aliphatic heterocycles. The maximum atomic E-state index is 12.5. The fraction of sp³-hybridized carbons (Fsp3) is 0.200. The number of nitrogens with zero attached hydrogens (tertiary/aromatic N) is 4. The highest BCUT2D eigenvalue weighted by Gasteiger charge is 2.16. The van der Waals surface area contributed by atoms with Crippen LogP contribution < -0.4 is 10.1 Å². The van der Waals surface area contributed by atoms with Crippen molar-refractivity contribution in [3.8, 4) is 6.01 Å². The van der Waals surface area contributed by atoms with E-state index < -0.39 is 0 Å². The molecule has 22 heavy (non-hydrogen) atoms. The minimum atomic E-state index is -0.260. The summed E-state index contributed by atoms with van der Waals surface area (Å²) in [6, 6.07) is 5.87. The second-order valence-corrected chi connectivity index (χ2v) is 4.62. The lowest BCUT2D eigenvalue weighted by Gasteiger charge is -2.06. The molecule has 3 aromatic heterocycles. The average molecular weight is 297 g/mol. The third-order valence-electron chi connectivity index (χ3n) is 3.08. The highest BCUT2D eigenvalue weighted by molar-refractivity contribution is 6.04. The summed E-state index contributed by atoms with van der Waals surface area (Å²) in [7, 11) is 0. The Kier molecular flexibility index (Phi) is 3.69. The number of amides is 1. The van der Waals surface area contributed by atoms with Gasteiger partial charge in [0.15, 0.2) is 0 Å². The van der Waals surface area contributed by atoms with Crippen molar-refractivity contribution in [2.45, 2.75) is 13.8 Å². The van der Waals surface area contributed by atoms with E-state index in [0.717, 1.165) is 5.65 Å². The van der Waals surface area contributed by atoms with E-state index in [-0.39, 0.29) is 11.9 Å². The summed E-state index contributed by atoms with van der Waals surface area (Å²) in [5, 5.41) is 2.77. The predicted octanol–water partition coefficient (Wildman–Crippen LogP) is 2.08. The van der Waals surface area contributed by atoms with Gasteiger partial charge in [0.05, 0.1) is 30.4 Å². The van der Waals surface area contributed by atoms with Crippen LogP contribution in [0.25, 0.3) is 5.65 Å². The highest BCUT2D eigenvalue weighted by Crippen LogP contribution is 2.14. The molecular weight excluding hydrogens is 282 g/mol. The smallest absolute Gasteiger partial charge is 0.316 e. The Morgan fingerprint density at radius 1 is 1.32 bits per heavy atom. The van der Waals surface area contributed by atoms with Crippen molar-refractivity contribution in [2.24, 2.45) is 0 Å². The van der Waals surface area contributed by atoms with E-state index in [1.807, 2.05) is 25.1 Å². The number of aromatic nitrogens is 4. The summed E-state index contributed by atoms with van der Waals surface area (Å²) < 4.78 is 6.92. The molecule has 3 rings (SSSR count). The van der Waals surface area contributed by atoms with Gasteiger partial charge < -0.3 is 10.1 Å². The minimum Gasteiger partial charge on any atom is -0.464 e. The van der Waals surface area contributed by atoms with Crippen LogP contribution in [0.15, 0.2) is 36.8 Å². The van der Waals surface area contributed by atoms with Gasteiger partial charge in [0.2, 0.25) is 0 Å². The summed E-state index contributed by atoms with van der Waals surface area (Å²) in [4.78, 5) is 24.9. The van der Waals surface area contributed by atoms with E-state index in [4.69, 9.17) is 4.74 Å². The van der Waals surface area contributed by atoms with Gasteiger partial charge in [-0.05, 0) is 26.0 Å². The van der Waals surface area contributed by atoms with Crippen LogP contribution in [0.1, 0.15) is 23.1 Å². The van der Waals surface area contributed by atoms with E-state index in [1.165, 1.54) is 12.4 Å². The number of nitrogens with one attached hydrogen (secondary N) is 1. The van der Waals surface area contributed by atoms with Crippen LogP contribution in [0.5, 0.6) is 6.01 Å². The number of rotatable bonds is 4. The summed E-state index contributed by atoms with van der Waals surface area (Å²) in [5.41, 5.74) is 2.38. The van der Waals surface area contributed by atoms with Gasteiger partial charge >= 0.3 is 6.01 Å². The molecule has 1 N–H and O–H groups in total. The van der Waals surface area contributed by atoms with Crippen LogP contribution >= 0.6 is 0 Å². The molecule has 0 aliphatic rings. The number of anilines is 1. The lowest BCUT2D eigenvalue weighted by molar-refractivity contribution is 0.102. The Morgan fingerprint density at radius 3 is 2.82 bits per heavy atom. The van der Waals surface area contributed by atoms with E-state index in [2.05, 4.69) is 20.3 Å². The third kappa shape index (κ3) is 2.60. The van der Waals surface area contributed by atoms with Gasteiger partial charge in [-0.3, -0.25) is 9.20 Å². The molecule has 0 unspecified atom stereocenters. The average Bonchev–Trinajstić information content (AvgIpc) is 2.85. The molecule has 0 radical (unpaired) electrons. The Bertz CT molecular complexity index is 810. The fourth-order valence-corrected chi connectivity index (χ4v) is 2.16. The summed E-state index contributed by atoms with van der Waals surface area (Å²) in [6.45, 7) is 4.15. The number of ether oxygens (including phenoxy) is 1. The molecule has 3 aromatic rings. The van der Waals surface area contributed by atoms with Crippen molar-refractivity contribution >= 4 is 17.2 Å². The van der Waals surface area contributed by atoms with E-state index in [9.17, 15) is 4.79 Å². The number of pyridine rings is 1. The van der Waals surface area contributed by atoms with Crippen molar-refractivity contribution < 1.29 is 9.53 Å². The molecule has 3 heterocycles. The van der Waals surface area contributed by atoms with Crippen LogP contribution in [0.3, 0.4) is 0 Å². The number of fused-ring (bicyclic) bond motifs is 1. The van der Waals surface area contributed by atoms with Crippen molar-refractivity contribution in [3.05, 3.63) is 48.2 Å². The lowest BCUT2D eigenvalue weighted by atomic mass is 10.3. The Balaban J connectivity index is 1.85. The Hall–Kier alpha value is -2.96. The van der Waals surface area contributed by atoms with Gasteiger partial charge in [-0.25, -0.2) is 15.0 Å². The summed E-state index contributed by atoms with van der Waals surface area (Å²) >= 11 is 0. The van der Waals surface area contributed by atoms with Crippen LogP contribution in [0, 0.1) is 6.92 Å². The molecule has 112 valence electrons. The zero-order chi connectivity index (χ0) is 15.5. The van der Waals surface area contributed by atoms with Crippen molar-refractivity contribution in [2.75, 3.05) is 11.9 Å². The van der Waals surface area contributed by atoms with Gasteiger partial charge in [-0.2, -0.15) is 0 Å². The molecular formula is C15H15N5O2. The second-order valence-electron chi connectivity index (χ2n) is 4.62. The third-order valence-corrected chi connectivity index (χ3v) is 3.08. The second kappa shape index (κ2) is 5.80. The summed E-state index contributed by atoms with van der Waals surface area (Å²) in [6.07, 6.45) is 4.82. The number of aryl methyl sites for hydroxylation is 1. The highest BCUT2D eigenvalue weighted by atomic mass is 16.5. The van der Waals surface area contributed by atoms with Gasteiger partial charge in [0, 0.05) is 6.20 Å². The Morgan fingerprint density at radius 2 is 2.09 bits per heavy atom. The molecule has 0 aromatic carbocycles. The number of carbonyl (C=O) groups is 1. The van der Waals surface area contributed by atoms with Crippen molar-refractivity contribution in [1.82, 2.24) is 19.4 Å². The quantitative estimate of drug-likeness (QED) is 0.797. The zero-order valence-electron chi connectivity index (χ0n) is 12.3. The van der Waals surface area contributed by atoms with E-state index in [1.54, 1.807) is 17.5 Å². The first kappa shape index (κ1) is 14.0. The molecule has 0 spiro atoms. The topological polar surface area (TPSA) is 81.4 Å². The van der Waals surface area contributed by atoms with Crippen LogP contribution in [-0.4, -0.2) is 31.9 Å². The molecule has 1 amide bonds. The van der Waals surface area contributed by atoms with Gasteiger partial charge in [0.1, 0.15) is 11.3 Å². The summed E-state index contributed by atoms with van der Waals surface area (Å²) in [5.74, 6) is -0.260. The first-order valence-corrected chi connectivity index (χ1v) is 6.89. The standard InChI is InChI=1S/C15H15N5O2/c1-3-22-15-16-8-11(9-17-15)19-14(21)13-10(2)18-12-6-4-5-7-20(12)13/h4-9H,3H2,1-2H3,(H,19,21). The number of hydrogen-bond acceptors (Lipinski definition) is 5.